The number of furan rings is 1. The van der Waals surface area contributed by atoms with Gasteiger partial charge in [0, 0.05) is 23.4 Å². The molecule has 9 heteroatoms. The second-order valence-corrected chi connectivity index (χ2v) is 7.23. The second-order valence-electron chi connectivity index (χ2n) is 6.82. The molecule has 0 radical (unpaired) electrons. The number of thiocarbonyl (C=S) groups is 1. The minimum atomic E-state index is -0.345. The summed E-state index contributed by atoms with van der Waals surface area (Å²) in [4.78, 5) is 24.6. The second kappa shape index (κ2) is 12.4. The number of nitrogens with one attached hydrogen (secondary N) is 3. The van der Waals surface area contributed by atoms with Gasteiger partial charge >= 0.3 is 0 Å². The van der Waals surface area contributed by atoms with E-state index in [2.05, 4.69) is 16.0 Å². The van der Waals surface area contributed by atoms with E-state index < -0.39 is 0 Å². The van der Waals surface area contributed by atoms with E-state index in [0.29, 0.717) is 54.7 Å². The topological polar surface area (TPSA) is 102 Å². The standard InChI is InChI=1S/C24H25N3O5S/c1-2-30-14-15-32-20-11-7-18(8-12-20)23(29)27-24(33)26-19-9-5-17(6-10-19)22(28)25-16-21-4-3-13-31-21/h3-13H,2,14-16H2,1H3,(H,25,28)(H2,26,27,29,33). The lowest BCUT2D eigenvalue weighted by molar-refractivity contribution is 0.0946. The minimum absolute atomic E-state index is 0.145. The molecule has 0 bridgehead atoms. The van der Waals surface area contributed by atoms with E-state index in [4.69, 9.17) is 26.1 Å². The van der Waals surface area contributed by atoms with Crippen LogP contribution in [0.2, 0.25) is 0 Å². The van der Waals surface area contributed by atoms with Crippen LogP contribution in [-0.4, -0.2) is 36.7 Å². The number of hydrogen-bond acceptors (Lipinski definition) is 6. The van der Waals surface area contributed by atoms with Gasteiger partial charge in [0.2, 0.25) is 0 Å². The molecule has 8 nitrogen and oxygen atoms in total. The number of ether oxygens (including phenoxy) is 2. The summed E-state index contributed by atoms with van der Waals surface area (Å²) in [5, 5.41) is 8.48. The van der Waals surface area contributed by atoms with E-state index >= 15 is 0 Å². The van der Waals surface area contributed by atoms with Gasteiger partial charge in [0.05, 0.1) is 19.4 Å². The summed E-state index contributed by atoms with van der Waals surface area (Å²) in [5.74, 6) is 0.758. The highest BCUT2D eigenvalue weighted by molar-refractivity contribution is 7.80. The lowest BCUT2D eigenvalue weighted by Crippen LogP contribution is -2.34. The summed E-state index contributed by atoms with van der Waals surface area (Å²) < 4.78 is 15.9. The molecular weight excluding hydrogens is 442 g/mol. The Morgan fingerprint density at radius 3 is 2.30 bits per heavy atom. The molecule has 0 aliphatic rings. The zero-order valence-corrected chi connectivity index (χ0v) is 18.9. The highest BCUT2D eigenvalue weighted by Gasteiger charge is 2.10. The maximum Gasteiger partial charge on any atom is 0.257 e. The Hall–Kier alpha value is -3.69. The summed E-state index contributed by atoms with van der Waals surface area (Å²) >= 11 is 5.22. The molecule has 0 unspecified atom stereocenters. The predicted molar refractivity (Wildman–Crippen MR) is 128 cm³/mol. The van der Waals surface area contributed by atoms with E-state index in [-0.39, 0.29) is 16.9 Å². The number of rotatable bonds is 10. The molecule has 0 atom stereocenters. The van der Waals surface area contributed by atoms with Crippen molar-refractivity contribution >= 4 is 34.8 Å². The van der Waals surface area contributed by atoms with Crippen molar-refractivity contribution in [2.24, 2.45) is 0 Å². The number of amides is 2. The Kier molecular flexibility index (Phi) is 8.98. The van der Waals surface area contributed by atoms with Crippen LogP contribution in [0.5, 0.6) is 5.75 Å². The van der Waals surface area contributed by atoms with Crippen molar-refractivity contribution in [3.05, 3.63) is 83.8 Å². The molecule has 2 aromatic carbocycles. The van der Waals surface area contributed by atoms with Crippen LogP contribution < -0.4 is 20.7 Å². The van der Waals surface area contributed by atoms with E-state index in [1.807, 2.05) is 6.92 Å². The maximum absolute atomic E-state index is 12.4. The van der Waals surface area contributed by atoms with Crippen LogP contribution in [0, 0.1) is 0 Å². The molecule has 3 N–H and O–H groups in total. The molecule has 0 aliphatic heterocycles. The summed E-state index contributed by atoms with van der Waals surface area (Å²) in [6, 6.07) is 17.0. The molecular formula is C24H25N3O5S. The third-order valence-electron chi connectivity index (χ3n) is 4.45. The first-order valence-corrected chi connectivity index (χ1v) is 10.8. The smallest absolute Gasteiger partial charge is 0.257 e. The van der Waals surface area contributed by atoms with Gasteiger partial charge in [-0.05, 0) is 79.8 Å². The van der Waals surface area contributed by atoms with Gasteiger partial charge in [-0.1, -0.05) is 0 Å². The monoisotopic (exact) mass is 467 g/mol. The molecule has 1 aromatic heterocycles. The van der Waals surface area contributed by atoms with Gasteiger partial charge in [0.15, 0.2) is 5.11 Å². The SMILES string of the molecule is CCOCCOc1ccc(C(=O)NC(=S)Nc2ccc(C(=O)NCc3ccco3)cc2)cc1. The molecule has 3 aromatic rings. The number of benzene rings is 2. The number of anilines is 1. The number of hydrogen-bond donors (Lipinski definition) is 3. The lowest BCUT2D eigenvalue weighted by Gasteiger charge is -2.11. The molecule has 0 aliphatic carbocycles. The lowest BCUT2D eigenvalue weighted by atomic mass is 10.2. The average Bonchev–Trinajstić information content (AvgIpc) is 3.35. The Morgan fingerprint density at radius 1 is 0.939 bits per heavy atom. The molecule has 0 fully saturated rings. The van der Waals surface area contributed by atoms with E-state index in [9.17, 15) is 9.59 Å². The zero-order chi connectivity index (χ0) is 23.5. The van der Waals surface area contributed by atoms with Crippen LogP contribution in [0.1, 0.15) is 33.4 Å². The van der Waals surface area contributed by atoms with Gasteiger partial charge in [-0.2, -0.15) is 0 Å². The maximum atomic E-state index is 12.4. The average molecular weight is 468 g/mol. The number of carbonyl (C=O) groups is 2. The largest absolute Gasteiger partial charge is 0.491 e. The first kappa shape index (κ1) is 24.0. The molecule has 33 heavy (non-hydrogen) atoms. The van der Waals surface area contributed by atoms with Crippen molar-refractivity contribution in [3.8, 4) is 5.75 Å². The van der Waals surface area contributed by atoms with Crippen LogP contribution in [-0.2, 0) is 11.3 Å². The molecule has 1 heterocycles. The predicted octanol–water partition coefficient (Wildman–Crippen LogP) is 3.75. The van der Waals surface area contributed by atoms with Crippen LogP contribution in [0.15, 0.2) is 71.3 Å². The summed E-state index contributed by atoms with van der Waals surface area (Å²) in [6.07, 6.45) is 1.55. The van der Waals surface area contributed by atoms with Crippen molar-refractivity contribution in [1.29, 1.82) is 0 Å². The van der Waals surface area contributed by atoms with Gasteiger partial charge in [-0.15, -0.1) is 0 Å². The summed E-state index contributed by atoms with van der Waals surface area (Å²) in [7, 11) is 0. The first-order chi connectivity index (χ1) is 16.0. The fourth-order valence-electron chi connectivity index (χ4n) is 2.79. The molecule has 3 rings (SSSR count). The molecule has 2 amide bonds. The van der Waals surface area contributed by atoms with E-state index in [1.54, 1.807) is 66.9 Å². The fraction of sp³-hybridized carbons (Fsp3) is 0.208. The van der Waals surface area contributed by atoms with Gasteiger partial charge in [0.1, 0.15) is 18.1 Å². The molecule has 0 saturated carbocycles. The van der Waals surface area contributed by atoms with Crippen LogP contribution >= 0.6 is 12.2 Å². The quantitative estimate of drug-likeness (QED) is 0.308. The molecule has 0 saturated heterocycles. The van der Waals surface area contributed by atoms with Gasteiger partial charge in [-0.25, -0.2) is 0 Å². The van der Waals surface area contributed by atoms with Crippen molar-refractivity contribution in [3.63, 3.8) is 0 Å². The third-order valence-corrected chi connectivity index (χ3v) is 4.66. The van der Waals surface area contributed by atoms with Crippen molar-refractivity contribution in [2.75, 3.05) is 25.1 Å². The van der Waals surface area contributed by atoms with Gasteiger partial charge in [0.25, 0.3) is 11.8 Å². The first-order valence-electron chi connectivity index (χ1n) is 10.4. The Labute approximate surface area is 197 Å². The van der Waals surface area contributed by atoms with Crippen LogP contribution in [0.25, 0.3) is 0 Å². The van der Waals surface area contributed by atoms with E-state index in [0.717, 1.165) is 0 Å². The van der Waals surface area contributed by atoms with Gasteiger partial charge in [-0.3, -0.25) is 14.9 Å². The van der Waals surface area contributed by atoms with Gasteiger partial charge < -0.3 is 24.5 Å². The van der Waals surface area contributed by atoms with Crippen LogP contribution in [0.3, 0.4) is 0 Å². The normalized spacial score (nSPS) is 10.3. The fourth-order valence-corrected chi connectivity index (χ4v) is 3.00. The Balaban J connectivity index is 1.44. The summed E-state index contributed by atoms with van der Waals surface area (Å²) in [5.41, 5.74) is 1.58. The summed E-state index contributed by atoms with van der Waals surface area (Å²) in [6.45, 7) is 3.82. The molecule has 172 valence electrons. The Morgan fingerprint density at radius 2 is 1.64 bits per heavy atom. The highest BCUT2D eigenvalue weighted by atomic mass is 32.1. The van der Waals surface area contributed by atoms with Crippen molar-refractivity contribution < 1.29 is 23.5 Å². The Bertz CT molecular complexity index is 1050. The van der Waals surface area contributed by atoms with E-state index in [1.165, 1.54) is 0 Å². The highest BCUT2D eigenvalue weighted by Crippen LogP contribution is 2.13. The third kappa shape index (κ3) is 7.74. The van der Waals surface area contributed by atoms with Crippen molar-refractivity contribution in [1.82, 2.24) is 10.6 Å². The molecule has 0 spiro atoms. The minimum Gasteiger partial charge on any atom is -0.491 e. The van der Waals surface area contributed by atoms with Crippen LogP contribution in [0.4, 0.5) is 5.69 Å². The zero-order valence-electron chi connectivity index (χ0n) is 18.1. The number of carbonyl (C=O) groups excluding carboxylic acids is 2. The van der Waals surface area contributed by atoms with Crippen molar-refractivity contribution in [2.45, 2.75) is 13.5 Å².